The summed E-state index contributed by atoms with van der Waals surface area (Å²) in [5.41, 5.74) is 6.05. The molecule has 1 aromatic heterocycles. The van der Waals surface area contributed by atoms with Gasteiger partial charge in [-0.2, -0.15) is 0 Å². The van der Waals surface area contributed by atoms with Crippen LogP contribution in [0.5, 0.6) is 0 Å². The fraction of sp³-hybridized carbons (Fsp3) is 0.444. The van der Waals surface area contributed by atoms with Gasteiger partial charge in [-0.1, -0.05) is 0 Å². The largest absolute Gasteiger partial charge is 0.385 e. The lowest BCUT2D eigenvalue weighted by atomic mass is 10.1. The van der Waals surface area contributed by atoms with Crippen LogP contribution in [-0.4, -0.2) is 29.6 Å². The molecule has 0 spiro atoms. The fourth-order valence-electron chi connectivity index (χ4n) is 1.19. The quantitative estimate of drug-likeness (QED) is 0.599. The van der Waals surface area contributed by atoms with Crippen LogP contribution in [0.15, 0.2) is 6.20 Å². The molecule has 1 aromatic rings. The van der Waals surface area contributed by atoms with Crippen molar-refractivity contribution >= 4 is 17.5 Å². The van der Waals surface area contributed by atoms with Crippen LogP contribution in [0.4, 0.5) is 0 Å². The molecule has 1 heterocycles. The maximum Gasteiger partial charge on any atom is 0.267 e. The average Bonchev–Trinajstić information content (AvgIpc) is 2.20. The Bertz CT molecular complexity index is 357. The molecule has 82 valence electrons. The van der Waals surface area contributed by atoms with Gasteiger partial charge in [-0.3, -0.25) is 4.79 Å². The number of nitrogens with two attached hydrogens (primary N) is 1. The molecule has 0 saturated heterocycles. The highest BCUT2D eigenvalue weighted by molar-refractivity contribution is 6.28. The number of nitrogens with zero attached hydrogens (tertiary/aromatic N) is 2. The highest BCUT2D eigenvalue weighted by Crippen LogP contribution is 2.10. The molecule has 0 unspecified atom stereocenters. The van der Waals surface area contributed by atoms with Crippen LogP contribution < -0.4 is 5.73 Å². The van der Waals surface area contributed by atoms with Crippen LogP contribution in [0.1, 0.15) is 22.5 Å². The van der Waals surface area contributed by atoms with E-state index in [1.165, 1.54) is 6.20 Å². The Hall–Kier alpha value is -1.20. The minimum absolute atomic E-state index is 0.0271. The lowest BCUT2D eigenvalue weighted by Crippen LogP contribution is -2.17. The van der Waals surface area contributed by atoms with Gasteiger partial charge in [0.25, 0.3) is 5.91 Å². The summed E-state index contributed by atoms with van der Waals surface area (Å²) < 4.78 is 4.90. The van der Waals surface area contributed by atoms with Crippen molar-refractivity contribution in [3.8, 4) is 0 Å². The van der Waals surface area contributed by atoms with E-state index in [4.69, 9.17) is 22.1 Å². The molecule has 1 amide bonds. The number of aryl methyl sites for hydroxylation is 1. The molecule has 6 heteroatoms. The van der Waals surface area contributed by atoms with Gasteiger partial charge in [0.1, 0.15) is 5.69 Å². The first-order chi connectivity index (χ1) is 7.15. The minimum atomic E-state index is -0.591. The van der Waals surface area contributed by atoms with Crippen molar-refractivity contribution in [2.45, 2.75) is 12.8 Å². The Morgan fingerprint density at radius 2 is 2.40 bits per heavy atom. The third-order valence-corrected chi connectivity index (χ3v) is 2.05. The molecule has 0 atom stereocenters. The number of amides is 1. The second-order valence-electron chi connectivity index (χ2n) is 2.97. The summed E-state index contributed by atoms with van der Waals surface area (Å²) in [6.45, 7) is 0.612. The number of methoxy groups -OCH3 is 1. The summed E-state index contributed by atoms with van der Waals surface area (Å²) in [6, 6.07) is 0. The molecule has 0 saturated carbocycles. The Kier molecular flexibility index (Phi) is 4.45. The minimum Gasteiger partial charge on any atom is -0.385 e. The van der Waals surface area contributed by atoms with E-state index < -0.39 is 5.91 Å². The highest BCUT2D eigenvalue weighted by Gasteiger charge is 2.11. The highest BCUT2D eigenvalue weighted by atomic mass is 35.5. The normalized spacial score (nSPS) is 10.3. The Morgan fingerprint density at radius 1 is 1.67 bits per heavy atom. The SMILES string of the molecule is COCCCc1cnc(Cl)nc1C(N)=O. The number of hydrogen-bond donors (Lipinski definition) is 1. The van der Waals surface area contributed by atoms with Crippen LogP contribution in [0, 0.1) is 0 Å². The summed E-state index contributed by atoms with van der Waals surface area (Å²) in [5.74, 6) is -0.591. The molecular weight excluding hydrogens is 218 g/mol. The second-order valence-corrected chi connectivity index (χ2v) is 3.31. The molecule has 0 aliphatic rings. The van der Waals surface area contributed by atoms with Gasteiger partial charge in [0.05, 0.1) is 0 Å². The number of primary amides is 1. The zero-order chi connectivity index (χ0) is 11.3. The van der Waals surface area contributed by atoms with Gasteiger partial charge in [-0.15, -0.1) is 0 Å². The van der Waals surface area contributed by atoms with E-state index in [9.17, 15) is 4.79 Å². The molecule has 1 rings (SSSR count). The lowest BCUT2D eigenvalue weighted by molar-refractivity contribution is 0.0994. The molecule has 0 aromatic carbocycles. The van der Waals surface area contributed by atoms with Crippen LogP contribution in [0.2, 0.25) is 5.28 Å². The maximum absolute atomic E-state index is 11.0. The summed E-state index contributed by atoms with van der Waals surface area (Å²) in [4.78, 5) is 18.6. The number of rotatable bonds is 5. The monoisotopic (exact) mass is 229 g/mol. The van der Waals surface area contributed by atoms with E-state index in [0.717, 1.165) is 6.42 Å². The third-order valence-electron chi connectivity index (χ3n) is 1.86. The number of hydrogen-bond acceptors (Lipinski definition) is 4. The van der Waals surface area contributed by atoms with Gasteiger partial charge in [-0.25, -0.2) is 9.97 Å². The summed E-state index contributed by atoms with van der Waals surface area (Å²) in [6.07, 6.45) is 2.94. The number of aromatic nitrogens is 2. The second kappa shape index (κ2) is 5.63. The Labute approximate surface area is 92.6 Å². The van der Waals surface area contributed by atoms with Gasteiger partial charge in [-0.05, 0) is 24.4 Å². The molecular formula is C9H12ClN3O2. The zero-order valence-electron chi connectivity index (χ0n) is 8.36. The number of halogens is 1. The third kappa shape index (κ3) is 3.45. The summed E-state index contributed by atoms with van der Waals surface area (Å²) in [5, 5.41) is 0.0271. The van der Waals surface area contributed by atoms with Crippen molar-refractivity contribution in [3.63, 3.8) is 0 Å². The van der Waals surface area contributed by atoms with E-state index >= 15 is 0 Å². The predicted octanol–water partition coefficient (Wildman–Crippen LogP) is 0.808. The number of carbonyl (C=O) groups excluding carboxylic acids is 1. The molecule has 0 radical (unpaired) electrons. The van der Waals surface area contributed by atoms with Crippen molar-refractivity contribution in [2.75, 3.05) is 13.7 Å². The van der Waals surface area contributed by atoms with E-state index in [1.54, 1.807) is 7.11 Å². The standard InChI is InChI=1S/C9H12ClN3O2/c1-15-4-2-3-6-5-12-9(10)13-7(6)8(11)14/h5H,2-4H2,1H3,(H2,11,14). The molecule has 0 aliphatic heterocycles. The molecule has 0 fully saturated rings. The van der Waals surface area contributed by atoms with Crippen LogP contribution in [-0.2, 0) is 11.2 Å². The van der Waals surface area contributed by atoms with E-state index in [-0.39, 0.29) is 11.0 Å². The Balaban J connectivity index is 2.81. The zero-order valence-corrected chi connectivity index (χ0v) is 9.12. The first-order valence-electron chi connectivity index (χ1n) is 4.45. The maximum atomic E-state index is 11.0. The topological polar surface area (TPSA) is 78.1 Å². The molecule has 15 heavy (non-hydrogen) atoms. The van der Waals surface area contributed by atoms with Gasteiger partial charge >= 0.3 is 0 Å². The van der Waals surface area contributed by atoms with E-state index in [2.05, 4.69) is 9.97 Å². The fourth-order valence-corrected chi connectivity index (χ4v) is 1.32. The summed E-state index contributed by atoms with van der Waals surface area (Å²) >= 11 is 5.57. The molecule has 0 bridgehead atoms. The molecule has 2 N–H and O–H groups in total. The predicted molar refractivity (Wildman–Crippen MR) is 55.8 cm³/mol. The summed E-state index contributed by atoms with van der Waals surface area (Å²) in [7, 11) is 1.62. The van der Waals surface area contributed by atoms with Gasteiger partial charge in [0, 0.05) is 25.5 Å². The first-order valence-corrected chi connectivity index (χ1v) is 4.83. The van der Waals surface area contributed by atoms with Crippen molar-refractivity contribution in [2.24, 2.45) is 5.73 Å². The van der Waals surface area contributed by atoms with E-state index in [1.807, 2.05) is 0 Å². The Morgan fingerprint density at radius 3 is 3.00 bits per heavy atom. The average molecular weight is 230 g/mol. The van der Waals surface area contributed by atoms with Crippen LogP contribution in [0.3, 0.4) is 0 Å². The first kappa shape index (κ1) is 11.9. The van der Waals surface area contributed by atoms with Crippen molar-refractivity contribution in [1.82, 2.24) is 9.97 Å². The van der Waals surface area contributed by atoms with Gasteiger partial charge in [0.15, 0.2) is 0 Å². The van der Waals surface area contributed by atoms with E-state index in [0.29, 0.717) is 18.6 Å². The molecule has 5 nitrogen and oxygen atoms in total. The van der Waals surface area contributed by atoms with Gasteiger partial charge in [0.2, 0.25) is 5.28 Å². The van der Waals surface area contributed by atoms with Crippen LogP contribution in [0.25, 0.3) is 0 Å². The van der Waals surface area contributed by atoms with Gasteiger partial charge < -0.3 is 10.5 Å². The lowest BCUT2D eigenvalue weighted by Gasteiger charge is -2.04. The van der Waals surface area contributed by atoms with Crippen LogP contribution >= 0.6 is 11.6 Å². The molecule has 0 aliphatic carbocycles. The number of ether oxygens (including phenoxy) is 1. The van der Waals surface area contributed by atoms with Crippen molar-refractivity contribution < 1.29 is 9.53 Å². The van der Waals surface area contributed by atoms with Crippen molar-refractivity contribution in [3.05, 3.63) is 22.7 Å². The van der Waals surface area contributed by atoms with Crippen molar-refractivity contribution in [1.29, 1.82) is 0 Å². The smallest absolute Gasteiger partial charge is 0.267 e. The number of carbonyl (C=O) groups is 1.